The number of benzene rings is 3. The van der Waals surface area contributed by atoms with E-state index in [2.05, 4.69) is 16.9 Å². The summed E-state index contributed by atoms with van der Waals surface area (Å²) in [5.41, 5.74) is 10.8. The Labute approximate surface area is 202 Å². The minimum absolute atomic E-state index is 0.308. The van der Waals surface area contributed by atoms with Crippen molar-refractivity contribution < 1.29 is 9.21 Å². The molecule has 7 nitrogen and oxygen atoms in total. The number of hydrogen-bond acceptors (Lipinski definition) is 5. The molecule has 1 amide bonds. The lowest BCUT2D eigenvalue weighted by Crippen LogP contribution is -2.34. The van der Waals surface area contributed by atoms with E-state index in [1.165, 1.54) is 17.0 Å². The Morgan fingerprint density at radius 2 is 1.86 bits per heavy atom. The third-order valence-electron chi connectivity index (χ3n) is 5.63. The van der Waals surface area contributed by atoms with Gasteiger partial charge in [-0.15, -0.1) is 0 Å². The summed E-state index contributed by atoms with van der Waals surface area (Å²) in [7, 11) is 0. The van der Waals surface area contributed by atoms with Crippen molar-refractivity contribution in [2.45, 2.75) is 19.9 Å². The van der Waals surface area contributed by atoms with Crippen LogP contribution in [0, 0.1) is 6.92 Å². The largest absolute Gasteiger partial charge is 0.424 e. The maximum Gasteiger partial charge on any atom is 0.424 e. The van der Waals surface area contributed by atoms with Crippen LogP contribution in [0.5, 0.6) is 0 Å². The molecule has 35 heavy (non-hydrogen) atoms. The first-order valence-corrected chi connectivity index (χ1v) is 11.1. The molecule has 0 bridgehead atoms. The molecule has 3 N–H and O–H groups in total. The standard InChI is InChI=1S/C28H26N4O3/c1-18-8-10-21(11-9-18)22-14-23(27(33)31-20(3)19(2)17-30-13-12-29)16-24(15-22)32-25-6-4-5-7-26(25)35-28(32)34/h4-17,20H,2,29H2,1,3H3,(H,31,33)/b13-12-,30-17?. The van der Waals surface area contributed by atoms with Gasteiger partial charge in [0, 0.05) is 24.2 Å². The van der Waals surface area contributed by atoms with Crippen molar-refractivity contribution in [3.63, 3.8) is 0 Å². The summed E-state index contributed by atoms with van der Waals surface area (Å²) in [5.74, 6) is -0.831. The molecule has 0 spiro atoms. The molecule has 3 aromatic carbocycles. The highest BCUT2D eigenvalue weighted by Gasteiger charge is 2.17. The van der Waals surface area contributed by atoms with Crippen LogP contribution in [0.3, 0.4) is 0 Å². The van der Waals surface area contributed by atoms with Crippen LogP contribution in [0.1, 0.15) is 22.8 Å². The van der Waals surface area contributed by atoms with E-state index in [0.717, 1.165) is 16.7 Å². The predicted molar refractivity (Wildman–Crippen MR) is 140 cm³/mol. The molecular weight excluding hydrogens is 440 g/mol. The monoisotopic (exact) mass is 466 g/mol. The number of para-hydroxylation sites is 2. The van der Waals surface area contributed by atoms with Crippen molar-refractivity contribution in [2.24, 2.45) is 10.7 Å². The third-order valence-corrected chi connectivity index (χ3v) is 5.63. The Bertz CT molecular complexity index is 1510. The lowest BCUT2D eigenvalue weighted by molar-refractivity contribution is 0.0946. The van der Waals surface area contributed by atoms with Gasteiger partial charge in [-0.05, 0) is 60.9 Å². The third kappa shape index (κ3) is 5.14. The van der Waals surface area contributed by atoms with Gasteiger partial charge in [0.2, 0.25) is 0 Å². The van der Waals surface area contributed by atoms with Crippen LogP contribution in [-0.2, 0) is 0 Å². The van der Waals surface area contributed by atoms with Gasteiger partial charge in [0.1, 0.15) is 0 Å². The van der Waals surface area contributed by atoms with Gasteiger partial charge in [0.05, 0.1) is 17.2 Å². The molecule has 1 unspecified atom stereocenters. The number of nitrogens with zero attached hydrogens (tertiary/aromatic N) is 2. The average molecular weight is 467 g/mol. The van der Waals surface area contributed by atoms with E-state index >= 15 is 0 Å². The summed E-state index contributed by atoms with van der Waals surface area (Å²) >= 11 is 0. The maximum absolute atomic E-state index is 13.3. The van der Waals surface area contributed by atoms with Crippen LogP contribution in [-0.4, -0.2) is 22.7 Å². The molecule has 0 fully saturated rings. The van der Waals surface area contributed by atoms with Gasteiger partial charge in [0.15, 0.2) is 5.58 Å². The second-order valence-corrected chi connectivity index (χ2v) is 8.20. The fraction of sp³-hybridized carbons (Fsp3) is 0.107. The molecule has 4 aromatic rings. The van der Waals surface area contributed by atoms with Crippen molar-refractivity contribution in [2.75, 3.05) is 0 Å². The number of carbonyl (C=O) groups excluding carboxylic acids is 1. The topological polar surface area (TPSA) is 103 Å². The second kappa shape index (κ2) is 10.1. The van der Waals surface area contributed by atoms with Gasteiger partial charge in [-0.2, -0.15) is 0 Å². The van der Waals surface area contributed by atoms with Crippen LogP contribution >= 0.6 is 0 Å². The fourth-order valence-electron chi connectivity index (χ4n) is 3.67. The van der Waals surface area contributed by atoms with Crippen LogP contribution < -0.4 is 16.8 Å². The van der Waals surface area contributed by atoms with Crippen molar-refractivity contribution in [1.82, 2.24) is 9.88 Å². The number of aliphatic imine (C=N–C) groups is 1. The molecule has 7 heteroatoms. The van der Waals surface area contributed by atoms with Gasteiger partial charge in [-0.25, -0.2) is 9.36 Å². The highest BCUT2D eigenvalue weighted by molar-refractivity contribution is 5.97. The predicted octanol–water partition coefficient (Wildman–Crippen LogP) is 4.73. The highest BCUT2D eigenvalue weighted by atomic mass is 16.4. The number of carbonyl (C=O) groups is 1. The van der Waals surface area contributed by atoms with E-state index < -0.39 is 5.76 Å². The van der Waals surface area contributed by atoms with Crippen LogP contribution in [0.15, 0.2) is 105 Å². The number of aromatic nitrogens is 1. The van der Waals surface area contributed by atoms with Crippen LogP contribution in [0.2, 0.25) is 0 Å². The lowest BCUT2D eigenvalue weighted by atomic mass is 10.00. The Morgan fingerprint density at radius 3 is 2.60 bits per heavy atom. The van der Waals surface area contributed by atoms with Gasteiger partial charge in [-0.1, -0.05) is 48.5 Å². The van der Waals surface area contributed by atoms with E-state index in [0.29, 0.717) is 27.9 Å². The summed E-state index contributed by atoms with van der Waals surface area (Å²) in [6, 6.07) is 20.1. The molecule has 0 radical (unpaired) electrons. The van der Waals surface area contributed by atoms with Crippen molar-refractivity contribution in [3.8, 4) is 16.8 Å². The first-order valence-electron chi connectivity index (χ1n) is 11.1. The first-order chi connectivity index (χ1) is 16.9. The Kier molecular flexibility index (Phi) is 6.78. The van der Waals surface area contributed by atoms with E-state index in [4.69, 9.17) is 10.2 Å². The van der Waals surface area contributed by atoms with Crippen molar-refractivity contribution in [3.05, 3.63) is 113 Å². The number of amides is 1. The van der Waals surface area contributed by atoms with E-state index in [1.54, 1.807) is 36.5 Å². The quantitative estimate of drug-likeness (QED) is 0.384. The summed E-state index contributed by atoms with van der Waals surface area (Å²) in [6.45, 7) is 7.78. The Morgan fingerprint density at radius 1 is 1.11 bits per heavy atom. The maximum atomic E-state index is 13.3. The molecule has 0 saturated carbocycles. The van der Waals surface area contributed by atoms with Crippen LogP contribution in [0.4, 0.5) is 0 Å². The summed E-state index contributed by atoms with van der Waals surface area (Å²) in [4.78, 5) is 30.0. The Balaban J connectivity index is 1.78. The molecular formula is C28H26N4O3. The molecule has 1 aromatic heterocycles. The zero-order chi connectivity index (χ0) is 24.9. The smallest absolute Gasteiger partial charge is 0.407 e. The summed E-state index contributed by atoms with van der Waals surface area (Å²) < 4.78 is 6.89. The number of fused-ring (bicyclic) bond motifs is 1. The SMILES string of the molecule is C=C(C=N/C=C\N)C(C)NC(=O)c1cc(-c2ccc(C)cc2)cc(-n2c(=O)oc3ccccc32)c1. The summed E-state index contributed by atoms with van der Waals surface area (Å²) in [6.07, 6.45) is 4.29. The van der Waals surface area contributed by atoms with Gasteiger partial charge in [0.25, 0.3) is 5.91 Å². The molecule has 0 aliphatic heterocycles. The van der Waals surface area contributed by atoms with E-state index in [9.17, 15) is 9.59 Å². The number of aryl methyl sites for hydroxylation is 1. The highest BCUT2D eigenvalue weighted by Crippen LogP contribution is 2.26. The molecule has 0 aliphatic rings. The molecule has 1 heterocycles. The van der Waals surface area contributed by atoms with Gasteiger partial charge < -0.3 is 15.5 Å². The molecule has 0 saturated heterocycles. The summed E-state index contributed by atoms with van der Waals surface area (Å²) in [5, 5.41) is 2.94. The molecule has 4 rings (SSSR count). The van der Waals surface area contributed by atoms with Crippen molar-refractivity contribution >= 4 is 23.2 Å². The van der Waals surface area contributed by atoms with E-state index in [-0.39, 0.29) is 11.9 Å². The first kappa shape index (κ1) is 23.5. The van der Waals surface area contributed by atoms with Crippen molar-refractivity contribution in [1.29, 1.82) is 0 Å². The number of nitrogens with two attached hydrogens (primary N) is 1. The average Bonchev–Trinajstić information content (AvgIpc) is 3.19. The van der Waals surface area contributed by atoms with Gasteiger partial charge in [-0.3, -0.25) is 9.79 Å². The second-order valence-electron chi connectivity index (χ2n) is 8.20. The molecule has 0 aliphatic carbocycles. The minimum Gasteiger partial charge on any atom is -0.407 e. The number of hydrogen-bond donors (Lipinski definition) is 2. The van der Waals surface area contributed by atoms with Crippen LogP contribution in [0.25, 0.3) is 27.9 Å². The van der Waals surface area contributed by atoms with E-state index in [1.807, 2.05) is 50.2 Å². The minimum atomic E-state index is -0.524. The number of nitrogens with one attached hydrogen (secondary N) is 1. The fourth-order valence-corrected chi connectivity index (χ4v) is 3.67. The zero-order valence-electron chi connectivity index (χ0n) is 19.6. The lowest BCUT2D eigenvalue weighted by Gasteiger charge is -2.16. The number of oxazole rings is 1. The normalized spacial score (nSPS) is 12.4. The zero-order valence-corrected chi connectivity index (χ0v) is 19.6. The molecule has 176 valence electrons. The van der Waals surface area contributed by atoms with Gasteiger partial charge >= 0.3 is 5.76 Å². The number of rotatable bonds is 7. The molecule has 1 atom stereocenters. The Hall–Kier alpha value is -4.65.